The molecule has 10 nitrogen and oxygen atoms in total. The van der Waals surface area contributed by atoms with E-state index in [9.17, 15) is 13.2 Å². The highest BCUT2D eigenvalue weighted by molar-refractivity contribution is 7.89. The molecule has 0 N–H and O–H groups in total. The van der Waals surface area contributed by atoms with Crippen LogP contribution in [0.3, 0.4) is 0 Å². The van der Waals surface area contributed by atoms with Crippen LogP contribution in [0.4, 0.5) is 0 Å². The van der Waals surface area contributed by atoms with Gasteiger partial charge in [0.1, 0.15) is 12.2 Å². The Bertz CT molecular complexity index is 1050. The second-order valence-electron chi connectivity index (χ2n) is 6.31. The van der Waals surface area contributed by atoms with Crippen LogP contribution in [0.5, 0.6) is 0 Å². The van der Waals surface area contributed by atoms with Crippen LogP contribution in [0.15, 0.2) is 47.8 Å². The molecule has 0 radical (unpaired) electrons. The maximum atomic E-state index is 12.7. The lowest BCUT2D eigenvalue weighted by Gasteiger charge is -2.37. The highest BCUT2D eigenvalue weighted by atomic mass is 32.2. The summed E-state index contributed by atoms with van der Waals surface area (Å²) in [4.78, 5) is 13.0. The Kier molecular flexibility index (Phi) is 4.32. The van der Waals surface area contributed by atoms with E-state index in [1.807, 2.05) is 0 Å². The van der Waals surface area contributed by atoms with Gasteiger partial charge in [0, 0.05) is 18.7 Å². The number of carbonyl (C=O) groups excluding carboxylic acids is 1. The summed E-state index contributed by atoms with van der Waals surface area (Å²) in [5, 5.41) is 16.2. The molecule has 0 amide bonds. The van der Waals surface area contributed by atoms with E-state index in [2.05, 4.69) is 20.5 Å². The summed E-state index contributed by atoms with van der Waals surface area (Å²) < 4.78 is 28.4. The normalized spacial score (nSPS) is 15.6. The molecular formula is C16H17N7O3S. The number of ketones is 1. The molecule has 0 aliphatic carbocycles. The zero-order valence-corrected chi connectivity index (χ0v) is 15.3. The van der Waals surface area contributed by atoms with Crippen molar-refractivity contribution in [3.8, 4) is 0 Å². The zero-order valence-electron chi connectivity index (χ0n) is 14.5. The van der Waals surface area contributed by atoms with Gasteiger partial charge in [-0.15, -0.1) is 5.10 Å². The van der Waals surface area contributed by atoms with Gasteiger partial charge in [-0.25, -0.2) is 13.1 Å². The maximum absolute atomic E-state index is 12.7. The van der Waals surface area contributed by atoms with Crippen molar-refractivity contribution in [1.29, 1.82) is 0 Å². The second kappa shape index (κ2) is 6.67. The van der Waals surface area contributed by atoms with Gasteiger partial charge in [0.15, 0.2) is 5.78 Å². The number of hydrogen-bond acceptors (Lipinski definition) is 7. The molecule has 0 atom stereocenters. The Morgan fingerprint density at radius 3 is 2.44 bits per heavy atom. The monoisotopic (exact) mass is 387 g/mol. The molecule has 0 spiro atoms. The molecule has 140 valence electrons. The van der Waals surface area contributed by atoms with Gasteiger partial charge in [-0.3, -0.25) is 4.79 Å². The lowest BCUT2D eigenvalue weighted by atomic mass is 10.2. The average molecular weight is 387 g/mol. The summed E-state index contributed by atoms with van der Waals surface area (Å²) in [7, 11) is -3.58. The standard InChI is InChI=1S/C16H17N7O3S/c1-12(24)13-2-4-16(5-3-13)27(25,26)21-10-15(11-21)22-8-14(19-20-22)9-23-17-6-7-18-23/h2-8,15H,9-11H2,1H3. The molecule has 1 saturated heterocycles. The number of carbonyl (C=O) groups is 1. The van der Waals surface area contributed by atoms with Gasteiger partial charge >= 0.3 is 0 Å². The number of nitrogens with zero attached hydrogens (tertiary/aromatic N) is 7. The minimum atomic E-state index is -3.58. The summed E-state index contributed by atoms with van der Waals surface area (Å²) in [6, 6.07) is 5.91. The van der Waals surface area contributed by atoms with E-state index < -0.39 is 10.0 Å². The summed E-state index contributed by atoms with van der Waals surface area (Å²) >= 11 is 0. The highest BCUT2D eigenvalue weighted by Gasteiger charge is 2.38. The number of Topliss-reactive ketones (excluding diaryl/α,β-unsaturated/α-hetero) is 1. The Hall–Kier alpha value is -2.92. The zero-order chi connectivity index (χ0) is 19.0. The van der Waals surface area contributed by atoms with Crippen molar-refractivity contribution in [3.63, 3.8) is 0 Å². The lowest BCUT2D eigenvalue weighted by molar-refractivity contribution is 0.101. The molecule has 11 heteroatoms. The third-order valence-electron chi connectivity index (χ3n) is 4.43. The fourth-order valence-electron chi connectivity index (χ4n) is 2.83. The van der Waals surface area contributed by atoms with Gasteiger partial charge in [0.05, 0.1) is 29.5 Å². The van der Waals surface area contributed by atoms with E-state index in [0.717, 1.165) is 0 Å². The number of hydrogen-bond donors (Lipinski definition) is 0. The van der Waals surface area contributed by atoms with Crippen LogP contribution in [0, 0.1) is 0 Å². The molecule has 1 aliphatic rings. The summed E-state index contributed by atoms with van der Waals surface area (Å²) in [6.45, 7) is 2.49. The van der Waals surface area contributed by atoms with Gasteiger partial charge in [0.25, 0.3) is 0 Å². The molecular weight excluding hydrogens is 370 g/mol. The van der Waals surface area contributed by atoms with Crippen molar-refractivity contribution >= 4 is 15.8 Å². The first-order valence-electron chi connectivity index (χ1n) is 8.29. The molecule has 1 aromatic carbocycles. The molecule has 0 bridgehead atoms. The predicted molar refractivity (Wildman–Crippen MR) is 93.4 cm³/mol. The van der Waals surface area contributed by atoms with Crippen molar-refractivity contribution in [2.75, 3.05) is 13.1 Å². The molecule has 3 heterocycles. The Balaban J connectivity index is 1.41. The van der Waals surface area contributed by atoms with Gasteiger partial charge < -0.3 is 0 Å². The van der Waals surface area contributed by atoms with Crippen LogP contribution in [0.25, 0.3) is 0 Å². The van der Waals surface area contributed by atoms with E-state index in [4.69, 9.17) is 0 Å². The van der Waals surface area contributed by atoms with Crippen LogP contribution in [-0.2, 0) is 16.6 Å². The molecule has 2 aromatic heterocycles. The fraction of sp³-hybridized carbons (Fsp3) is 0.312. The van der Waals surface area contributed by atoms with Crippen LogP contribution in [-0.4, -0.2) is 61.6 Å². The largest absolute Gasteiger partial charge is 0.295 e. The smallest absolute Gasteiger partial charge is 0.243 e. The second-order valence-corrected chi connectivity index (χ2v) is 8.24. The molecule has 0 saturated carbocycles. The molecule has 0 unspecified atom stereocenters. The molecule has 27 heavy (non-hydrogen) atoms. The quantitative estimate of drug-likeness (QED) is 0.561. The van der Waals surface area contributed by atoms with Crippen molar-refractivity contribution < 1.29 is 13.2 Å². The first-order chi connectivity index (χ1) is 12.9. The molecule has 4 rings (SSSR count). The van der Waals surface area contributed by atoms with Gasteiger partial charge in [-0.05, 0) is 19.1 Å². The Morgan fingerprint density at radius 1 is 1.15 bits per heavy atom. The predicted octanol–water partition coefficient (Wildman–Crippen LogP) is 0.366. The van der Waals surface area contributed by atoms with Gasteiger partial charge in [-0.1, -0.05) is 17.3 Å². The van der Waals surface area contributed by atoms with E-state index in [0.29, 0.717) is 30.9 Å². The van der Waals surface area contributed by atoms with Gasteiger partial charge in [0.2, 0.25) is 10.0 Å². The van der Waals surface area contributed by atoms with Crippen LogP contribution >= 0.6 is 0 Å². The lowest BCUT2D eigenvalue weighted by Crippen LogP contribution is -2.50. The fourth-order valence-corrected chi connectivity index (χ4v) is 4.34. The topological polar surface area (TPSA) is 116 Å². The minimum Gasteiger partial charge on any atom is -0.295 e. The average Bonchev–Trinajstić information content (AvgIpc) is 3.26. The molecule has 1 aliphatic heterocycles. The van der Waals surface area contributed by atoms with Gasteiger partial charge in [-0.2, -0.15) is 19.3 Å². The highest BCUT2D eigenvalue weighted by Crippen LogP contribution is 2.28. The summed E-state index contributed by atoms with van der Waals surface area (Å²) in [5.41, 5.74) is 1.18. The van der Waals surface area contributed by atoms with E-state index in [1.165, 1.54) is 40.3 Å². The first-order valence-corrected chi connectivity index (χ1v) is 9.73. The Labute approximate surface area is 155 Å². The maximum Gasteiger partial charge on any atom is 0.243 e. The van der Waals surface area contributed by atoms with Crippen LogP contribution in [0.2, 0.25) is 0 Å². The van der Waals surface area contributed by atoms with Crippen molar-refractivity contribution in [2.24, 2.45) is 0 Å². The van der Waals surface area contributed by atoms with E-state index >= 15 is 0 Å². The van der Waals surface area contributed by atoms with Crippen molar-refractivity contribution in [2.45, 2.75) is 24.4 Å². The molecule has 1 fully saturated rings. The van der Waals surface area contributed by atoms with Crippen molar-refractivity contribution in [1.82, 2.24) is 34.3 Å². The number of aromatic nitrogens is 6. The number of sulfonamides is 1. The third-order valence-corrected chi connectivity index (χ3v) is 6.28. The third kappa shape index (κ3) is 3.38. The number of rotatable bonds is 6. The van der Waals surface area contributed by atoms with Crippen LogP contribution < -0.4 is 0 Å². The molecule has 3 aromatic rings. The van der Waals surface area contributed by atoms with Crippen molar-refractivity contribution in [3.05, 3.63) is 54.1 Å². The van der Waals surface area contributed by atoms with E-state index in [1.54, 1.807) is 23.3 Å². The van der Waals surface area contributed by atoms with E-state index in [-0.39, 0.29) is 16.7 Å². The Morgan fingerprint density at radius 2 is 1.81 bits per heavy atom. The van der Waals surface area contributed by atoms with Crippen LogP contribution in [0.1, 0.15) is 29.0 Å². The summed E-state index contributed by atoms with van der Waals surface area (Å²) in [6.07, 6.45) is 4.95. The number of benzene rings is 1. The first kappa shape index (κ1) is 17.5. The SMILES string of the molecule is CC(=O)c1ccc(S(=O)(=O)N2CC(n3cc(Cn4nccn4)nn3)C2)cc1. The minimum absolute atomic E-state index is 0.0666. The summed E-state index contributed by atoms with van der Waals surface area (Å²) in [5.74, 6) is -0.102.